The number of hydrogen-bond donors (Lipinski definition) is 0. The first-order valence-electron chi connectivity index (χ1n) is 4.31. The Labute approximate surface area is 87.8 Å². The molecule has 1 rings (SSSR count). The first-order chi connectivity index (χ1) is 6.17. The van der Waals surface area contributed by atoms with Gasteiger partial charge in [-0.3, -0.25) is 0 Å². The molecule has 74 valence electrons. The van der Waals surface area contributed by atoms with Crippen LogP contribution in [0.5, 0.6) is 0 Å². The summed E-state index contributed by atoms with van der Waals surface area (Å²) in [5, 5.41) is 0. The van der Waals surface area contributed by atoms with Gasteiger partial charge in [0.05, 0.1) is 0 Å². The first-order valence-corrected chi connectivity index (χ1v) is 7.08. The number of halogens is 1. The Morgan fingerprint density at radius 3 is 2.85 bits per heavy atom. The second-order valence-electron chi connectivity index (χ2n) is 3.03. The summed E-state index contributed by atoms with van der Waals surface area (Å²) >= 11 is 3.00. The number of rotatable bonds is 2. The van der Waals surface area contributed by atoms with Gasteiger partial charge in [-0.05, 0) is 31.8 Å². The Morgan fingerprint density at radius 2 is 2.15 bits per heavy atom. The standard InChI is InChI=1S/C9H13BrO2S/c10-8-13(11,12)9-6-4-2-1-3-5-7-9/h2,4,6H,1,3,5,7-8H2. The van der Waals surface area contributed by atoms with E-state index in [1.165, 1.54) is 0 Å². The van der Waals surface area contributed by atoms with Crippen LogP contribution in [0.2, 0.25) is 0 Å². The molecule has 0 N–H and O–H groups in total. The van der Waals surface area contributed by atoms with Gasteiger partial charge in [0, 0.05) is 4.91 Å². The maximum absolute atomic E-state index is 11.5. The lowest BCUT2D eigenvalue weighted by Gasteiger charge is -2.07. The minimum absolute atomic E-state index is 0.0275. The molecule has 0 radical (unpaired) electrons. The van der Waals surface area contributed by atoms with E-state index < -0.39 is 9.84 Å². The van der Waals surface area contributed by atoms with Crippen molar-refractivity contribution >= 4 is 25.8 Å². The van der Waals surface area contributed by atoms with Crippen molar-refractivity contribution < 1.29 is 8.42 Å². The van der Waals surface area contributed by atoms with Crippen LogP contribution in [-0.4, -0.2) is 13.1 Å². The van der Waals surface area contributed by atoms with Crippen molar-refractivity contribution in [2.45, 2.75) is 25.7 Å². The summed E-state index contributed by atoms with van der Waals surface area (Å²) in [5.41, 5.74) is 0. The molecule has 0 heterocycles. The van der Waals surface area contributed by atoms with Crippen molar-refractivity contribution in [2.24, 2.45) is 0 Å². The van der Waals surface area contributed by atoms with Crippen molar-refractivity contribution in [3.8, 4) is 0 Å². The second kappa shape index (κ2) is 4.96. The molecule has 0 saturated carbocycles. The van der Waals surface area contributed by atoms with Crippen LogP contribution in [0, 0.1) is 0 Å². The van der Waals surface area contributed by atoms with Gasteiger partial charge in [-0.25, -0.2) is 8.42 Å². The van der Waals surface area contributed by atoms with Gasteiger partial charge < -0.3 is 0 Å². The normalized spacial score (nSPS) is 19.0. The Kier molecular flexibility index (Phi) is 4.19. The summed E-state index contributed by atoms with van der Waals surface area (Å²) in [6.45, 7) is 0. The Hall–Kier alpha value is -0.0900. The highest BCUT2D eigenvalue weighted by Gasteiger charge is 2.15. The lowest BCUT2D eigenvalue weighted by atomic mass is 10.1. The molecular formula is C9H13BrO2S. The fraction of sp³-hybridized carbons (Fsp3) is 0.556. The molecule has 0 aromatic heterocycles. The van der Waals surface area contributed by atoms with Crippen molar-refractivity contribution in [1.29, 1.82) is 0 Å². The average Bonchev–Trinajstić information content (AvgIpc) is 2.03. The molecule has 4 heteroatoms. The summed E-state index contributed by atoms with van der Waals surface area (Å²) < 4.78 is 23.0. The number of sulfone groups is 1. The fourth-order valence-corrected chi connectivity index (χ4v) is 3.01. The van der Waals surface area contributed by atoms with Gasteiger partial charge in [0.15, 0.2) is 9.84 Å². The van der Waals surface area contributed by atoms with Gasteiger partial charge in [-0.2, -0.15) is 0 Å². The zero-order valence-electron chi connectivity index (χ0n) is 7.37. The molecular weight excluding hydrogens is 252 g/mol. The molecule has 0 atom stereocenters. The Bertz CT molecular complexity index is 315. The van der Waals surface area contributed by atoms with Gasteiger partial charge in [0.25, 0.3) is 0 Å². The fourth-order valence-electron chi connectivity index (χ4n) is 1.25. The monoisotopic (exact) mass is 264 g/mol. The van der Waals surface area contributed by atoms with E-state index in [0.29, 0.717) is 11.3 Å². The van der Waals surface area contributed by atoms with E-state index in [4.69, 9.17) is 0 Å². The van der Waals surface area contributed by atoms with Crippen LogP contribution in [0.3, 0.4) is 0 Å². The van der Waals surface area contributed by atoms with Crippen molar-refractivity contribution in [3.05, 3.63) is 23.1 Å². The number of allylic oxidation sites excluding steroid dienone is 4. The van der Waals surface area contributed by atoms with Crippen LogP contribution in [0.25, 0.3) is 0 Å². The van der Waals surface area contributed by atoms with Gasteiger partial charge in [-0.1, -0.05) is 28.1 Å². The summed E-state index contributed by atoms with van der Waals surface area (Å²) in [7, 11) is -3.03. The van der Waals surface area contributed by atoms with E-state index in [9.17, 15) is 8.42 Å². The molecule has 13 heavy (non-hydrogen) atoms. The Morgan fingerprint density at radius 1 is 1.38 bits per heavy atom. The summed E-state index contributed by atoms with van der Waals surface area (Å²) in [6, 6.07) is 0. The van der Waals surface area contributed by atoms with E-state index in [-0.39, 0.29) is 4.66 Å². The topological polar surface area (TPSA) is 34.1 Å². The zero-order chi connectivity index (χ0) is 9.73. The van der Waals surface area contributed by atoms with E-state index in [1.807, 2.05) is 12.2 Å². The van der Waals surface area contributed by atoms with Crippen molar-refractivity contribution in [3.63, 3.8) is 0 Å². The molecule has 0 bridgehead atoms. The third-order valence-electron chi connectivity index (χ3n) is 2.01. The third-order valence-corrected chi connectivity index (χ3v) is 5.24. The molecule has 1 aliphatic rings. The predicted molar refractivity (Wildman–Crippen MR) is 58.4 cm³/mol. The molecule has 0 amide bonds. The van der Waals surface area contributed by atoms with Gasteiger partial charge >= 0.3 is 0 Å². The molecule has 0 aromatic rings. The maximum Gasteiger partial charge on any atom is 0.184 e. The van der Waals surface area contributed by atoms with E-state index in [0.717, 1.165) is 19.3 Å². The lowest BCUT2D eigenvalue weighted by molar-refractivity contribution is 0.603. The van der Waals surface area contributed by atoms with Gasteiger partial charge in [0.2, 0.25) is 0 Å². The van der Waals surface area contributed by atoms with E-state index in [2.05, 4.69) is 15.9 Å². The highest BCUT2D eigenvalue weighted by atomic mass is 79.9. The smallest absolute Gasteiger partial charge is 0.184 e. The highest BCUT2D eigenvalue weighted by Crippen LogP contribution is 2.20. The average molecular weight is 265 g/mol. The lowest BCUT2D eigenvalue weighted by Crippen LogP contribution is -2.05. The van der Waals surface area contributed by atoms with Gasteiger partial charge in [-0.15, -0.1) is 0 Å². The minimum atomic E-state index is -3.03. The third kappa shape index (κ3) is 3.27. The van der Waals surface area contributed by atoms with Gasteiger partial charge in [0.1, 0.15) is 4.66 Å². The number of hydrogen-bond acceptors (Lipinski definition) is 2. The maximum atomic E-state index is 11.5. The Balaban J connectivity index is 2.88. The van der Waals surface area contributed by atoms with Crippen LogP contribution >= 0.6 is 15.9 Å². The molecule has 0 spiro atoms. The highest BCUT2D eigenvalue weighted by molar-refractivity contribution is 9.10. The minimum Gasteiger partial charge on any atom is -0.223 e. The summed E-state index contributed by atoms with van der Waals surface area (Å²) in [4.78, 5) is 0.556. The van der Waals surface area contributed by atoms with Crippen LogP contribution < -0.4 is 0 Å². The first kappa shape index (κ1) is 11.0. The van der Waals surface area contributed by atoms with Crippen LogP contribution in [0.4, 0.5) is 0 Å². The van der Waals surface area contributed by atoms with Crippen LogP contribution in [0.1, 0.15) is 25.7 Å². The second-order valence-corrected chi connectivity index (χ2v) is 6.38. The SMILES string of the molecule is O=S(=O)(CBr)C1=CC=CCCCC1. The number of alkyl halides is 1. The largest absolute Gasteiger partial charge is 0.223 e. The quantitative estimate of drug-likeness (QED) is 0.719. The molecule has 0 aromatic carbocycles. The van der Waals surface area contributed by atoms with Crippen molar-refractivity contribution in [1.82, 2.24) is 0 Å². The van der Waals surface area contributed by atoms with Crippen molar-refractivity contribution in [2.75, 3.05) is 4.66 Å². The molecule has 0 fully saturated rings. The molecule has 0 aliphatic heterocycles. The molecule has 0 unspecified atom stereocenters. The van der Waals surface area contributed by atoms with Crippen LogP contribution in [-0.2, 0) is 9.84 Å². The molecule has 2 nitrogen and oxygen atoms in total. The van der Waals surface area contributed by atoms with Crippen LogP contribution in [0.15, 0.2) is 23.1 Å². The van der Waals surface area contributed by atoms with E-state index >= 15 is 0 Å². The summed E-state index contributed by atoms with van der Waals surface area (Å²) in [5.74, 6) is 0. The zero-order valence-corrected chi connectivity index (χ0v) is 9.77. The predicted octanol–water partition coefficient (Wildman–Crippen LogP) is 2.77. The molecule has 1 aliphatic carbocycles. The summed E-state index contributed by atoms with van der Waals surface area (Å²) in [6.07, 6.45) is 9.35. The van der Waals surface area contributed by atoms with E-state index in [1.54, 1.807) is 6.08 Å². The molecule has 0 saturated heterocycles.